The highest BCUT2D eigenvalue weighted by molar-refractivity contribution is 6.42. The molecular weight excluding hydrogens is 283 g/mol. The first-order valence-electron chi connectivity index (χ1n) is 6.10. The molecule has 0 atom stereocenters. The minimum Gasteiger partial charge on any atom is -0.324 e. The third-order valence-corrected chi connectivity index (χ3v) is 3.47. The van der Waals surface area contributed by atoms with E-state index in [1.54, 1.807) is 12.1 Å². The average Bonchev–Trinajstić information content (AvgIpc) is 2.75. The molecule has 0 bridgehead atoms. The summed E-state index contributed by atoms with van der Waals surface area (Å²) in [6.07, 6.45) is 0. The van der Waals surface area contributed by atoms with Crippen LogP contribution in [0.4, 0.5) is 0 Å². The highest BCUT2D eigenvalue weighted by atomic mass is 35.5. The fourth-order valence-electron chi connectivity index (χ4n) is 1.89. The Morgan fingerprint density at radius 1 is 1.21 bits per heavy atom. The number of benzene rings is 1. The lowest BCUT2D eigenvalue weighted by atomic mass is 10.2. The second-order valence-electron chi connectivity index (χ2n) is 4.78. The van der Waals surface area contributed by atoms with Gasteiger partial charge < -0.3 is 10.3 Å². The van der Waals surface area contributed by atoms with Gasteiger partial charge >= 0.3 is 0 Å². The normalized spacial score (nSPS) is 11.3. The number of nitrogens with two attached hydrogens (primary N) is 1. The molecule has 1 aromatic heterocycles. The summed E-state index contributed by atoms with van der Waals surface area (Å²) in [6.45, 7) is 5.45. The van der Waals surface area contributed by atoms with Crippen LogP contribution in [-0.4, -0.2) is 14.8 Å². The van der Waals surface area contributed by atoms with Crippen LogP contribution in [0.3, 0.4) is 0 Å². The molecule has 0 saturated heterocycles. The van der Waals surface area contributed by atoms with E-state index in [0.29, 0.717) is 22.5 Å². The lowest BCUT2D eigenvalue weighted by Gasteiger charge is -2.12. The zero-order valence-corrected chi connectivity index (χ0v) is 12.4. The molecule has 0 spiro atoms. The van der Waals surface area contributed by atoms with Crippen molar-refractivity contribution in [2.75, 3.05) is 0 Å². The maximum Gasteiger partial charge on any atom is 0.164 e. The number of nitrogens with zero attached hydrogens (tertiary/aromatic N) is 3. The van der Waals surface area contributed by atoms with Gasteiger partial charge in [-0.15, -0.1) is 10.2 Å². The van der Waals surface area contributed by atoms with Gasteiger partial charge in [-0.1, -0.05) is 37.0 Å². The standard InChI is InChI=1S/C13H16Cl2N4/c1-8(2)7-19-12(6-16)17-18-13(19)9-3-4-10(14)11(15)5-9/h3-5,8H,6-7,16H2,1-2H3. The van der Waals surface area contributed by atoms with E-state index in [-0.39, 0.29) is 0 Å². The third-order valence-electron chi connectivity index (χ3n) is 2.74. The molecule has 0 aliphatic heterocycles. The Morgan fingerprint density at radius 3 is 2.53 bits per heavy atom. The monoisotopic (exact) mass is 298 g/mol. The summed E-state index contributed by atoms with van der Waals surface area (Å²) < 4.78 is 2.03. The van der Waals surface area contributed by atoms with E-state index >= 15 is 0 Å². The fraction of sp³-hybridized carbons (Fsp3) is 0.385. The van der Waals surface area contributed by atoms with E-state index in [0.717, 1.165) is 23.8 Å². The lowest BCUT2D eigenvalue weighted by Crippen LogP contribution is -2.13. The summed E-state index contributed by atoms with van der Waals surface area (Å²) in [4.78, 5) is 0. The molecular formula is C13H16Cl2N4. The van der Waals surface area contributed by atoms with Crippen LogP contribution in [0.2, 0.25) is 10.0 Å². The van der Waals surface area contributed by atoms with Crippen LogP contribution in [-0.2, 0) is 13.1 Å². The molecule has 102 valence electrons. The van der Waals surface area contributed by atoms with Gasteiger partial charge in [-0.3, -0.25) is 0 Å². The highest BCUT2D eigenvalue weighted by Gasteiger charge is 2.14. The van der Waals surface area contributed by atoms with E-state index in [1.807, 2.05) is 10.6 Å². The van der Waals surface area contributed by atoms with Gasteiger partial charge in [-0.2, -0.15) is 0 Å². The van der Waals surface area contributed by atoms with Gasteiger partial charge in [0.05, 0.1) is 16.6 Å². The molecule has 2 N–H and O–H groups in total. The quantitative estimate of drug-likeness (QED) is 0.941. The van der Waals surface area contributed by atoms with Crippen molar-refractivity contribution >= 4 is 23.2 Å². The number of hydrogen-bond donors (Lipinski definition) is 1. The molecule has 2 aromatic rings. The predicted molar refractivity (Wildman–Crippen MR) is 78.2 cm³/mol. The Balaban J connectivity index is 2.48. The minimum absolute atomic E-state index is 0.362. The van der Waals surface area contributed by atoms with Gasteiger partial charge in [0.1, 0.15) is 5.82 Å². The van der Waals surface area contributed by atoms with E-state index in [9.17, 15) is 0 Å². The maximum absolute atomic E-state index is 6.05. The van der Waals surface area contributed by atoms with Gasteiger partial charge in [0.2, 0.25) is 0 Å². The van der Waals surface area contributed by atoms with Crippen LogP contribution in [0, 0.1) is 5.92 Å². The Morgan fingerprint density at radius 2 is 1.95 bits per heavy atom. The average molecular weight is 299 g/mol. The molecule has 0 amide bonds. The van der Waals surface area contributed by atoms with Crippen LogP contribution >= 0.6 is 23.2 Å². The first kappa shape index (κ1) is 14.3. The zero-order valence-electron chi connectivity index (χ0n) is 10.9. The lowest BCUT2D eigenvalue weighted by molar-refractivity contribution is 0.510. The predicted octanol–water partition coefficient (Wildman–Crippen LogP) is 3.37. The van der Waals surface area contributed by atoms with Crippen molar-refractivity contribution < 1.29 is 0 Å². The van der Waals surface area contributed by atoms with Crippen molar-refractivity contribution in [2.45, 2.75) is 26.9 Å². The minimum atomic E-state index is 0.362. The number of hydrogen-bond acceptors (Lipinski definition) is 3. The summed E-state index contributed by atoms with van der Waals surface area (Å²) in [7, 11) is 0. The van der Waals surface area contributed by atoms with Gasteiger partial charge in [0, 0.05) is 12.1 Å². The van der Waals surface area contributed by atoms with Crippen molar-refractivity contribution in [3.05, 3.63) is 34.1 Å². The molecule has 2 rings (SSSR count). The van der Waals surface area contributed by atoms with E-state index in [4.69, 9.17) is 28.9 Å². The Labute approximate surface area is 122 Å². The zero-order chi connectivity index (χ0) is 14.0. The highest BCUT2D eigenvalue weighted by Crippen LogP contribution is 2.28. The van der Waals surface area contributed by atoms with Crippen molar-refractivity contribution in [1.82, 2.24) is 14.8 Å². The van der Waals surface area contributed by atoms with Crippen LogP contribution in [0.15, 0.2) is 18.2 Å². The summed E-state index contributed by atoms with van der Waals surface area (Å²) in [5, 5.41) is 9.37. The van der Waals surface area contributed by atoms with Crippen LogP contribution in [0.25, 0.3) is 11.4 Å². The molecule has 0 aliphatic carbocycles. The van der Waals surface area contributed by atoms with Gasteiger partial charge in [0.25, 0.3) is 0 Å². The maximum atomic E-state index is 6.05. The second kappa shape index (κ2) is 5.90. The smallest absolute Gasteiger partial charge is 0.164 e. The number of rotatable bonds is 4. The molecule has 0 saturated carbocycles. The molecule has 0 radical (unpaired) electrons. The van der Waals surface area contributed by atoms with E-state index < -0.39 is 0 Å². The van der Waals surface area contributed by atoms with Crippen molar-refractivity contribution in [3.63, 3.8) is 0 Å². The fourth-order valence-corrected chi connectivity index (χ4v) is 2.19. The van der Waals surface area contributed by atoms with Crippen molar-refractivity contribution in [2.24, 2.45) is 11.7 Å². The Kier molecular flexibility index (Phi) is 4.45. The Hall–Kier alpha value is -1.10. The summed E-state index contributed by atoms with van der Waals surface area (Å²) in [5.74, 6) is 2.02. The van der Waals surface area contributed by atoms with Gasteiger partial charge in [-0.05, 0) is 24.1 Å². The summed E-state index contributed by atoms with van der Waals surface area (Å²) in [5.41, 5.74) is 6.59. The van der Waals surface area contributed by atoms with E-state index in [2.05, 4.69) is 24.0 Å². The molecule has 0 aliphatic rings. The van der Waals surface area contributed by atoms with Crippen LogP contribution < -0.4 is 5.73 Å². The van der Waals surface area contributed by atoms with Gasteiger partial charge in [0.15, 0.2) is 5.82 Å². The first-order chi connectivity index (χ1) is 9.02. The first-order valence-corrected chi connectivity index (χ1v) is 6.86. The Bertz CT molecular complexity index is 578. The van der Waals surface area contributed by atoms with Crippen molar-refractivity contribution in [3.8, 4) is 11.4 Å². The van der Waals surface area contributed by atoms with Crippen molar-refractivity contribution in [1.29, 1.82) is 0 Å². The number of aromatic nitrogens is 3. The molecule has 6 heteroatoms. The summed E-state index contributed by atoms with van der Waals surface area (Å²) in [6, 6.07) is 5.44. The molecule has 0 unspecified atom stereocenters. The SMILES string of the molecule is CC(C)Cn1c(CN)nnc1-c1ccc(Cl)c(Cl)c1. The molecule has 4 nitrogen and oxygen atoms in total. The number of halogens is 2. The largest absolute Gasteiger partial charge is 0.324 e. The topological polar surface area (TPSA) is 56.7 Å². The van der Waals surface area contributed by atoms with Gasteiger partial charge in [-0.25, -0.2) is 0 Å². The molecule has 1 aromatic carbocycles. The molecule has 19 heavy (non-hydrogen) atoms. The van der Waals surface area contributed by atoms with Crippen LogP contribution in [0.5, 0.6) is 0 Å². The summed E-state index contributed by atoms with van der Waals surface area (Å²) >= 11 is 12.0. The molecule has 0 fully saturated rings. The van der Waals surface area contributed by atoms with Crippen LogP contribution in [0.1, 0.15) is 19.7 Å². The van der Waals surface area contributed by atoms with E-state index in [1.165, 1.54) is 0 Å². The third kappa shape index (κ3) is 3.08. The second-order valence-corrected chi connectivity index (χ2v) is 5.59. The molecule has 1 heterocycles.